The molecule has 1 aliphatic carbocycles. The second-order valence-corrected chi connectivity index (χ2v) is 9.01. The summed E-state index contributed by atoms with van der Waals surface area (Å²) < 4.78 is 14.9. The normalized spacial score (nSPS) is 16.4. The molecule has 5 rings (SSSR count). The van der Waals surface area contributed by atoms with Crippen LogP contribution in [0.5, 0.6) is 0 Å². The number of carbonyl (C=O) groups excluding carboxylic acids is 3. The number of para-hydroxylation sites is 1. The number of hydrogen-bond donors (Lipinski definition) is 1. The van der Waals surface area contributed by atoms with Crippen molar-refractivity contribution in [3.63, 3.8) is 0 Å². The molecule has 0 unspecified atom stereocenters. The van der Waals surface area contributed by atoms with E-state index in [2.05, 4.69) is 10.4 Å². The highest BCUT2D eigenvalue weighted by molar-refractivity contribution is 8.18. The molecular weight excluding hydrogens is 455 g/mol. The Balaban J connectivity index is 1.24. The lowest BCUT2D eigenvalue weighted by Crippen LogP contribution is -2.37. The zero-order valence-corrected chi connectivity index (χ0v) is 19.0. The Kier molecular flexibility index (Phi) is 6.02. The Hall–Kier alpha value is -3.72. The molecule has 1 aromatic heterocycles. The standard InChI is InChI=1S/C25H21FN4O3S/c26-17-11-9-16(10-12-17)15-21-24(32)29(25(33)34-21)14-13-27-23(31)22-19-7-4-8-20(19)30(28-22)18-5-2-1-3-6-18/h1-3,5-6,9-12,15H,4,7-8,13-14H2,(H,27,31)/b21-15-. The van der Waals surface area contributed by atoms with E-state index in [0.29, 0.717) is 11.3 Å². The number of benzene rings is 2. The molecule has 0 atom stereocenters. The van der Waals surface area contributed by atoms with Gasteiger partial charge in [-0.15, -0.1) is 0 Å². The molecule has 172 valence electrons. The first kappa shape index (κ1) is 22.1. The minimum atomic E-state index is -0.428. The third-order valence-electron chi connectivity index (χ3n) is 5.81. The zero-order chi connectivity index (χ0) is 23.7. The average Bonchev–Trinajstić information content (AvgIpc) is 3.52. The van der Waals surface area contributed by atoms with Gasteiger partial charge in [-0.05, 0) is 66.9 Å². The summed E-state index contributed by atoms with van der Waals surface area (Å²) in [6.45, 7) is 0.173. The van der Waals surface area contributed by atoms with Crippen molar-refractivity contribution in [3.8, 4) is 5.69 Å². The quantitative estimate of drug-likeness (QED) is 0.545. The monoisotopic (exact) mass is 476 g/mol. The first-order valence-corrected chi connectivity index (χ1v) is 11.8. The van der Waals surface area contributed by atoms with Crippen molar-refractivity contribution in [3.05, 3.63) is 87.8 Å². The molecule has 2 aliphatic rings. The van der Waals surface area contributed by atoms with Crippen molar-refractivity contribution in [2.75, 3.05) is 13.1 Å². The summed E-state index contributed by atoms with van der Waals surface area (Å²) in [5.74, 6) is -1.12. The minimum absolute atomic E-state index is 0.0543. The van der Waals surface area contributed by atoms with Crippen LogP contribution in [-0.2, 0) is 17.6 Å². The van der Waals surface area contributed by atoms with Gasteiger partial charge in [-0.2, -0.15) is 5.10 Å². The van der Waals surface area contributed by atoms with Gasteiger partial charge in [0.1, 0.15) is 5.82 Å². The number of aromatic nitrogens is 2. The fourth-order valence-corrected chi connectivity index (χ4v) is 5.04. The second kappa shape index (κ2) is 9.26. The van der Waals surface area contributed by atoms with Crippen molar-refractivity contribution >= 4 is 34.9 Å². The molecule has 7 nitrogen and oxygen atoms in total. The van der Waals surface area contributed by atoms with Gasteiger partial charge in [-0.1, -0.05) is 30.3 Å². The summed E-state index contributed by atoms with van der Waals surface area (Å²) in [5.41, 5.74) is 3.93. The highest BCUT2D eigenvalue weighted by Crippen LogP contribution is 2.32. The molecule has 0 bridgehead atoms. The van der Waals surface area contributed by atoms with E-state index in [1.165, 1.54) is 24.3 Å². The van der Waals surface area contributed by atoms with Gasteiger partial charge in [-0.25, -0.2) is 9.07 Å². The fraction of sp³-hybridized carbons (Fsp3) is 0.200. The number of hydrogen-bond acceptors (Lipinski definition) is 5. The molecule has 0 spiro atoms. The number of nitrogens with one attached hydrogen (secondary N) is 1. The first-order chi connectivity index (χ1) is 16.5. The number of nitrogens with zero attached hydrogens (tertiary/aromatic N) is 3. The van der Waals surface area contributed by atoms with E-state index >= 15 is 0 Å². The van der Waals surface area contributed by atoms with Crippen molar-refractivity contribution in [2.24, 2.45) is 0 Å². The number of imide groups is 1. The molecule has 1 N–H and O–H groups in total. The van der Waals surface area contributed by atoms with Crippen LogP contribution in [0.15, 0.2) is 59.5 Å². The summed E-state index contributed by atoms with van der Waals surface area (Å²) in [6.07, 6.45) is 4.18. The van der Waals surface area contributed by atoms with Crippen molar-refractivity contribution in [1.29, 1.82) is 0 Å². The number of carbonyl (C=O) groups is 3. The van der Waals surface area contributed by atoms with Crippen molar-refractivity contribution in [1.82, 2.24) is 20.0 Å². The average molecular weight is 477 g/mol. The maximum atomic E-state index is 13.1. The molecule has 2 aromatic carbocycles. The highest BCUT2D eigenvalue weighted by atomic mass is 32.2. The van der Waals surface area contributed by atoms with Crippen LogP contribution in [0, 0.1) is 5.82 Å². The van der Waals surface area contributed by atoms with Crippen LogP contribution in [0.1, 0.15) is 33.7 Å². The van der Waals surface area contributed by atoms with E-state index in [1.807, 2.05) is 35.0 Å². The summed E-state index contributed by atoms with van der Waals surface area (Å²) in [7, 11) is 0. The molecule has 1 aliphatic heterocycles. The largest absolute Gasteiger partial charge is 0.349 e. The van der Waals surface area contributed by atoms with Crippen LogP contribution in [0.2, 0.25) is 0 Å². The van der Waals surface area contributed by atoms with Gasteiger partial charge < -0.3 is 5.32 Å². The third kappa shape index (κ3) is 4.26. The van der Waals surface area contributed by atoms with E-state index in [-0.39, 0.29) is 29.7 Å². The van der Waals surface area contributed by atoms with E-state index in [4.69, 9.17) is 0 Å². The van der Waals surface area contributed by atoms with Crippen LogP contribution in [0.4, 0.5) is 9.18 Å². The maximum absolute atomic E-state index is 13.1. The maximum Gasteiger partial charge on any atom is 0.293 e. The smallest absolute Gasteiger partial charge is 0.293 e. The molecule has 34 heavy (non-hydrogen) atoms. The fourth-order valence-electron chi connectivity index (χ4n) is 4.17. The van der Waals surface area contributed by atoms with Gasteiger partial charge in [-0.3, -0.25) is 19.3 Å². The topological polar surface area (TPSA) is 84.3 Å². The predicted octanol–water partition coefficient (Wildman–Crippen LogP) is 3.97. The van der Waals surface area contributed by atoms with Crippen LogP contribution < -0.4 is 5.32 Å². The molecule has 1 fully saturated rings. The molecule has 2 heterocycles. The summed E-state index contributed by atoms with van der Waals surface area (Å²) >= 11 is 0.830. The van der Waals surface area contributed by atoms with Gasteiger partial charge in [0, 0.05) is 24.3 Å². The number of fused-ring (bicyclic) bond motifs is 1. The lowest BCUT2D eigenvalue weighted by atomic mass is 10.2. The van der Waals surface area contributed by atoms with E-state index in [0.717, 1.165) is 52.9 Å². The van der Waals surface area contributed by atoms with E-state index in [9.17, 15) is 18.8 Å². The van der Waals surface area contributed by atoms with E-state index in [1.54, 1.807) is 6.08 Å². The SMILES string of the molecule is O=C(NCCN1C(=O)S/C(=C\c2ccc(F)cc2)C1=O)c1nn(-c2ccccc2)c2c1CCC2. The molecule has 0 saturated carbocycles. The van der Waals surface area contributed by atoms with Gasteiger partial charge in [0.2, 0.25) is 0 Å². The Morgan fingerprint density at radius 3 is 2.62 bits per heavy atom. The molecule has 1 saturated heterocycles. The highest BCUT2D eigenvalue weighted by Gasteiger charge is 2.35. The Morgan fingerprint density at radius 2 is 1.85 bits per heavy atom. The molecule has 9 heteroatoms. The minimum Gasteiger partial charge on any atom is -0.349 e. The molecule has 0 radical (unpaired) electrons. The summed E-state index contributed by atoms with van der Waals surface area (Å²) in [5, 5.41) is 6.96. The van der Waals surface area contributed by atoms with Crippen LogP contribution in [-0.4, -0.2) is 44.8 Å². The predicted molar refractivity (Wildman–Crippen MR) is 127 cm³/mol. The van der Waals surface area contributed by atoms with Gasteiger partial charge in [0.05, 0.1) is 10.6 Å². The number of rotatable bonds is 6. The van der Waals surface area contributed by atoms with Crippen molar-refractivity contribution in [2.45, 2.75) is 19.3 Å². The first-order valence-electron chi connectivity index (χ1n) is 11.0. The van der Waals surface area contributed by atoms with Gasteiger partial charge >= 0.3 is 0 Å². The lowest BCUT2D eigenvalue weighted by Gasteiger charge is -2.12. The van der Waals surface area contributed by atoms with Gasteiger partial charge in [0.25, 0.3) is 17.1 Å². The Labute approximate surface area is 199 Å². The Bertz CT molecular complexity index is 1300. The van der Waals surface area contributed by atoms with Crippen molar-refractivity contribution < 1.29 is 18.8 Å². The van der Waals surface area contributed by atoms with E-state index < -0.39 is 11.1 Å². The second-order valence-electron chi connectivity index (χ2n) is 8.02. The van der Waals surface area contributed by atoms with Gasteiger partial charge in [0.15, 0.2) is 5.69 Å². The zero-order valence-electron chi connectivity index (χ0n) is 18.2. The third-order valence-corrected chi connectivity index (χ3v) is 6.72. The number of halogens is 1. The summed E-state index contributed by atoms with van der Waals surface area (Å²) in [6, 6.07) is 15.4. The number of amides is 3. The lowest BCUT2D eigenvalue weighted by molar-refractivity contribution is -0.122. The number of thioether (sulfide) groups is 1. The van der Waals surface area contributed by atoms with Crippen LogP contribution >= 0.6 is 11.8 Å². The molecule has 3 aromatic rings. The van der Waals surface area contributed by atoms with Crippen LogP contribution in [0.3, 0.4) is 0 Å². The summed E-state index contributed by atoms with van der Waals surface area (Å²) in [4.78, 5) is 39.3. The Morgan fingerprint density at radius 1 is 1.09 bits per heavy atom. The van der Waals surface area contributed by atoms with Crippen LogP contribution in [0.25, 0.3) is 11.8 Å². The molecular formula is C25H21FN4O3S. The molecule has 3 amide bonds.